The third-order valence-corrected chi connectivity index (χ3v) is 9.15. The first-order valence-electron chi connectivity index (χ1n) is 14.7. The van der Waals surface area contributed by atoms with Gasteiger partial charge in [0.25, 0.3) is 0 Å². The molecule has 4 aliphatic rings. The molecule has 0 aliphatic carbocycles. The highest BCUT2D eigenvalue weighted by molar-refractivity contribution is 5.91. The van der Waals surface area contributed by atoms with Gasteiger partial charge in [-0.05, 0) is 42.0 Å². The summed E-state index contributed by atoms with van der Waals surface area (Å²) < 4.78 is 18.2. The molecule has 4 bridgehead atoms. The molecular formula is C32H34N4O7. The summed E-state index contributed by atoms with van der Waals surface area (Å²) in [6.07, 6.45) is -0.597. The average Bonchev–Trinajstić information content (AvgIpc) is 3.75. The average molecular weight is 587 g/mol. The molecule has 3 unspecified atom stereocenters. The van der Waals surface area contributed by atoms with Crippen LogP contribution in [0, 0.1) is 11.8 Å². The van der Waals surface area contributed by atoms with Crippen molar-refractivity contribution in [2.24, 2.45) is 11.8 Å². The summed E-state index contributed by atoms with van der Waals surface area (Å²) in [6, 6.07) is 12.3. The van der Waals surface area contributed by atoms with Gasteiger partial charge in [0.15, 0.2) is 23.5 Å². The van der Waals surface area contributed by atoms with E-state index in [0.29, 0.717) is 25.1 Å². The lowest BCUT2D eigenvalue weighted by Gasteiger charge is -2.28. The van der Waals surface area contributed by atoms with Gasteiger partial charge in [0.05, 0.1) is 19.3 Å². The smallest absolute Gasteiger partial charge is 0.360 e. The Morgan fingerprint density at radius 2 is 1.98 bits per heavy atom. The number of fused-ring (bicyclic) bond motifs is 4. The number of Topliss-reactive ketones (excluding diaryl/α,β-unsaturated/α-hetero) is 1. The van der Waals surface area contributed by atoms with Crippen LogP contribution in [-0.2, 0) is 26.2 Å². The van der Waals surface area contributed by atoms with Gasteiger partial charge in [0.2, 0.25) is 11.8 Å². The van der Waals surface area contributed by atoms with E-state index in [1.165, 1.54) is 7.11 Å². The molecule has 2 aromatic carbocycles. The van der Waals surface area contributed by atoms with Gasteiger partial charge in [0.1, 0.15) is 17.2 Å². The summed E-state index contributed by atoms with van der Waals surface area (Å²) in [5.41, 5.74) is 2.25. The van der Waals surface area contributed by atoms with Crippen LogP contribution in [0.15, 0.2) is 46.9 Å². The molecule has 0 saturated carbocycles. The second kappa shape index (κ2) is 10.2. The summed E-state index contributed by atoms with van der Waals surface area (Å²) in [5, 5.41) is 19.6. The zero-order valence-corrected chi connectivity index (χ0v) is 24.2. The van der Waals surface area contributed by atoms with Crippen molar-refractivity contribution < 1.29 is 33.4 Å². The number of nitrogens with zero attached hydrogens (tertiary/aromatic N) is 1. The topological polar surface area (TPSA) is 152 Å². The molecule has 5 heterocycles. The van der Waals surface area contributed by atoms with E-state index in [4.69, 9.17) is 13.9 Å². The number of carbonyl (C=O) groups excluding carboxylic acids is 3. The lowest BCUT2D eigenvalue weighted by molar-refractivity contribution is -0.131. The third-order valence-electron chi connectivity index (χ3n) is 9.15. The highest BCUT2D eigenvalue weighted by Crippen LogP contribution is 2.58. The van der Waals surface area contributed by atoms with Gasteiger partial charge in [-0.1, -0.05) is 44.2 Å². The first kappa shape index (κ1) is 27.6. The van der Waals surface area contributed by atoms with Crippen LogP contribution in [0.25, 0.3) is 0 Å². The number of rotatable bonds is 5. The Morgan fingerprint density at radius 3 is 2.72 bits per heavy atom. The quantitative estimate of drug-likeness (QED) is 0.328. The molecule has 224 valence electrons. The lowest BCUT2D eigenvalue weighted by Crippen LogP contribution is -2.41. The van der Waals surface area contributed by atoms with Crippen LogP contribution in [-0.4, -0.2) is 59.8 Å². The normalized spacial score (nSPS) is 28.6. The molecule has 43 heavy (non-hydrogen) atoms. The Labute approximate surface area is 248 Å². The number of aliphatic hydroxyl groups excluding tert-OH is 1. The molecule has 4 aliphatic heterocycles. The number of hydrogen-bond acceptors (Lipinski definition) is 10. The molecule has 11 heteroatoms. The highest BCUT2D eigenvalue weighted by Gasteiger charge is 2.61. The third kappa shape index (κ3) is 4.24. The van der Waals surface area contributed by atoms with Gasteiger partial charge in [-0.3, -0.25) is 9.59 Å². The summed E-state index contributed by atoms with van der Waals surface area (Å²) in [5.74, 6) is -0.883. The van der Waals surface area contributed by atoms with E-state index in [9.17, 15) is 19.5 Å². The van der Waals surface area contributed by atoms with Crippen LogP contribution in [0.4, 0.5) is 5.69 Å². The van der Waals surface area contributed by atoms with Crippen molar-refractivity contribution in [3.05, 3.63) is 76.5 Å². The number of oxazole rings is 1. The first-order valence-corrected chi connectivity index (χ1v) is 14.7. The summed E-state index contributed by atoms with van der Waals surface area (Å²) in [7, 11) is 1.29. The number of aromatic nitrogens is 1. The highest BCUT2D eigenvalue weighted by atomic mass is 16.5. The van der Waals surface area contributed by atoms with Crippen molar-refractivity contribution in [2.75, 3.05) is 19.0 Å². The molecule has 1 amide bonds. The number of para-hydroxylation sites is 1. The molecule has 6 atom stereocenters. The minimum Gasteiger partial charge on any atom is -0.469 e. The predicted octanol–water partition coefficient (Wildman–Crippen LogP) is 2.61. The summed E-state index contributed by atoms with van der Waals surface area (Å²) in [6.45, 7) is 4.20. The zero-order valence-electron chi connectivity index (χ0n) is 24.2. The van der Waals surface area contributed by atoms with E-state index in [1.807, 2.05) is 56.3 Å². The molecule has 1 fully saturated rings. The number of hydrogen-bond donors (Lipinski definition) is 4. The van der Waals surface area contributed by atoms with Crippen LogP contribution >= 0.6 is 0 Å². The molecule has 1 spiro atoms. The second-order valence-electron chi connectivity index (χ2n) is 12.2. The monoisotopic (exact) mass is 586 g/mol. The number of aliphatic hydroxyl groups is 1. The largest absolute Gasteiger partial charge is 0.469 e. The molecule has 0 radical (unpaired) electrons. The molecule has 4 N–H and O–H groups in total. The number of anilines is 1. The summed E-state index contributed by atoms with van der Waals surface area (Å²) >= 11 is 0. The van der Waals surface area contributed by atoms with Crippen molar-refractivity contribution in [3.8, 4) is 5.75 Å². The van der Waals surface area contributed by atoms with E-state index in [2.05, 4.69) is 20.9 Å². The van der Waals surface area contributed by atoms with E-state index in [-0.39, 0.29) is 41.4 Å². The molecule has 3 aromatic rings. The van der Waals surface area contributed by atoms with Crippen LogP contribution in [0.3, 0.4) is 0 Å². The maximum atomic E-state index is 13.9. The maximum Gasteiger partial charge on any atom is 0.360 e. The van der Waals surface area contributed by atoms with Gasteiger partial charge < -0.3 is 34.9 Å². The number of amides is 1. The number of nitrogens with one attached hydrogen (secondary N) is 3. The fourth-order valence-electron chi connectivity index (χ4n) is 7.00. The number of ketones is 1. The Balaban J connectivity index is 1.42. The Kier molecular flexibility index (Phi) is 6.55. The molecule has 7 rings (SSSR count). The van der Waals surface area contributed by atoms with E-state index < -0.39 is 41.7 Å². The van der Waals surface area contributed by atoms with Crippen molar-refractivity contribution in [1.29, 1.82) is 0 Å². The zero-order chi connectivity index (χ0) is 30.0. The predicted molar refractivity (Wildman–Crippen MR) is 154 cm³/mol. The van der Waals surface area contributed by atoms with Gasteiger partial charge in [-0.2, -0.15) is 0 Å². The Bertz CT molecular complexity index is 1630. The maximum absolute atomic E-state index is 13.9. The van der Waals surface area contributed by atoms with Crippen molar-refractivity contribution in [2.45, 2.75) is 62.9 Å². The number of ether oxygens (including phenoxy) is 2. The van der Waals surface area contributed by atoms with Gasteiger partial charge in [-0.15, -0.1) is 0 Å². The number of benzene rings is 2. The number of carbonyl (C=O) groups is 3. The van der Waals surface area contributed by atoms with Crippen LogP contribution in [0.5, 0.6) is 5.75 Å². The minimum atomic E-state index is -1.07. The summed E-state index contributed by atoms with van der Waals surface area (Å²) in [4.78, 5) is 45.2. The van der Waals surface area contributed by atoms with E-state index >= 15 is 0 Å². The molecule has 11 nitrogen and oxygen atoms in total. The van der Waals surface area contributed by atoms with Crippen molar-refractivity contribution >= 4 is 23.3 Å². The Morgan fingerprint density at radius 1 is 1.16 bits per heavy atom. The first-order chi connectivity index (χ1) is 20.7. The van der Waals surface area contributed by atoms with Crippen molar-refractivity contribution in [3.63, 3.8) is 0 Å². The minimum absolute atomic E-state index is 0.00296. The van der Waals surface area contributed by atoms with Crippen LogP contribution < -0.4 is 20.7 Å². The van der Waals surface area contributed by atoms with E-state index in [1.54, 1.807) is 0 Å². The number of esters is 1. The number of β-amino-alcohol motifs (C(OH)–C–C–N with tert-alkyl or cyclic N) is 1. The van der Waals surface area contributed by atoms with Crippen LogP contribution in [0.1, 0.15) is 71.6 Å². The Hall–Kier alpha value is -4.22. The standard InChI is InChI=1S/C32H34N4O7/c1-15(2)25-29-36-26(30(40)41-3)27(43-29)32-19-6-4-5-7-21(19)34-31(32)42-24-9-8-16(11-20(24)32)10-17(28(39)35-25)12-23(38)22-13-18(37)14-33-22/h4-9,11,15,17-18,22,25,31,33-34,37H,10,12-14H2,1-3H3,(H,35,39)/t17?,18-,22+,25?,31+,32?/m1/s1. The second-order valence-corrected chi connectivity index (χ2v) is 12.2. The van der Waals surface area contributed by atoms with Gasteiger partial charge in [-0.25, -0.2) is 9.78 Å². The van der Waals surface area contributed by atoms with Crippen molar-refractivity contribution in [1.82, 2.24) is 15.6 Å². The SMILES string of the molecule is COC(=O)c1nc2oc1C13c4ccccc4N[C@H]1Oc1ccc(cc13)CC(CC(=O)[C@@H]1C[C@@H](O)CN1)C(=O)NC2C(C)C. The fraction of sp³-hybridized carbons (Fsp3) is 0.438. The number of methoxy groups -OCH3 is 1. The fourth-order valence-corrected chi connectivity index (χ4v) is 7.00. The molecule has 1 aromatic heterocycles. The molecular weight excluding hydrogens is 552 g/mol. The van der Waals surface area contributed by atoms with Gasteiger partial charge in [0, 0.05) is 30.1 Å². The van der Waals surface area contributed by atoms with E-state index in [0.717, 1.165) is 22.4 Å². The molecule has 1 saturated heterocycles. The van der Waals surface area contributed by atoms with Gasteiger partial charge >= 0.3 is 5.97 Å². The lowest BCUT2D eigenvalue weighted by atomic mass is 9.72. The van der Waals surface area contributed by atoms with Crippen LogP contribution in [0.2, 0.25) is 0 Å².